The number of amides is 1. The molecule has 0 radical (unpaired) electrons. The van der Waals surface area contributed by atoms with Gasteiger partial charge in [0.05, 0.1) is 4.92 Å². The van der Waals surface area contributed by atoms with Crippen LogP contribution in [0.25, 0.3) is 0 Å². The van der Waals surface area contributed by atoms with E-state index in [1.165, 1.54) is 6.07 Å². The second kappa shape index (κ2) is 5.86. The van der Waals surface area contributed by atoms with Crippen LogP contribution in [-0.4, -0.2) is 27.9 Å². The van der Waals surface area contributed by atoms with Crippen LogP contribution in [0.15, 0.2) is 18.2 Å². The molecule has 2 rings (SSSR count). The lowest BCUT2D eigenvalue weighted by Crippen LogP contribution is -2.43. The molecule has 2 N–H and O–H groups in total. The summed E-state index contributed by atoms with van der Waals surface area (Å²) in [6.45, 7) is 0. The molecule has 1 aliphatic carbocycles. The van der Waals surface area contributed by atoms with Crippen molar-refractivity contribution in [1.82, 2.24) is 5.32 Å². The first-order valence-corrected chi connectivity index (χ1v) is 6.34. The standard InChI is InChI=1S/C13H13FN2O5/c14-9-4-1-7(6-11(9)16(20)21)5-10(13(18)19)15-12(17)8-2-3-8/h1,4,6,8,10H,2-3,5H2,(H,15,17)(H,18,19)/t10-/m0/s1. The Morgan fingerprint density at radius 3 is 2.67 bits per heavy atom. The fourth-order valence-corrected chi connectivity index (χ4v) is 1.90. The molecule has 7 nitrogen and oxygen atoms in total. The monoisotopic (exact) mass is 296 g/mol. The quantitative estimate of drug-likeness (QED) is 0.606. The van der Waals surface area contributed by atoms with Gasteiger partial charge in [-0.3, -0.25) is 14.9 Å². The SMILES string of the molecule is O=C(N[C@@H](Cc1ccc(F)c([N+](=O)[O-])c1)C(=O)O)C1CC1. The molecule has 0 saturated heterocycles. The van der Waals surface area contributed by atoms with Crippen LogP contribution < -0.4 is 5.32 Å². The van der Waals surface area contributed by atoms with Gasteiger partial charge in [-0.15, -0.1) is 0 Å². The van der Waals surface area contributed by atoms with Crippen LogP contribution in [0.3, 0.4) is 0 Å². The van der Waals surface area contributed by atoms with Crippen LogP contribution in [0.1, 0.15) is 18.4 Å². The smallest absolute Gasteiger partial charge is 0.326 e. The predicted molar refractivity (Wildman–Crippen MR) is 69.0 cm³/mol. The number of nitrogens with one attached hydrogen (secondary N) is 1. The maximum atomic E-state index is 13.2. The van der Waals surface area contributed by atoms with Crippen LogP contribution in [-0.2, 0) is 16.0 Å². The maximum absolute atomic E-state index is 13.2. The van der Waals surface area contributed by atoms with Gasteiger partial charge in [0.1, 0.15) is 6.04 Å². The number of hydrogen-bond acceptors (Lipinski definition) is 4. The van der Waals surface area contributed by atoms with Gasteiger partial charge >= 0.3 is 11.7 Å². The third kappa shape index (κ3) is 3.74. The molecule has 0 heterocycles. The zero-order valence-corrected chi connectivity index (χ0v) is 10.9. The van der Waals surface area contributed by atoms with Gasteiger partial charge in [-0.2, -0.15) is 4.39 Å². The van der Waals surface area contributed by atoms with Gasteiger partial charge in [0.15, 0.2) is 0 Å². The Bertz CT molecular complexity index is 600. The van der Waals surface area contributed by atoms with Crippen molar-refractivity contribution < 1.29 is 24.0 Å². The van der Waals surface area contributed by atoms with Crippen LogP contribution >= 0.6 is 0 Å². The topological polar surface area (TPSA) is 110 Å². The van der Waals surface area contributed by atoms with Gasteiger partial charge in [0, 0.05) is 18.4 Å². The van der Waals surface area contributed by atoms with Gasteiger partial charge in [-0.05, 0) is 24.5 Å². The lowest BCUT2D eigenvalue weighted by molar-refractivity contribution is -0.387. The fraction of sp³-hybridized carbons (Fsp3) is 0.385. The molecule has 1 aromatic rings. The second-order valence-electron chi connectivity index (χ2n) is 4.92. The third-order valence-corrected chi connectivity index (χ3v) is 3.21. The molecule has 21 heavy (non-hydrogen) atoms. The summed E-state index contributed by atoms with van der Waals surface area (Å²) in [5, 5.41) is 22.1. The lowest BCUT2D eigenvalue weighted by Gasteiger charge is -2.14. The number of carbonyl (C=O) groups is 2. The lowest BCUT2D eigenvalue weighted by atomic mass is 10.0. The van der Waals surface area contributed by atoms with E-state index in [9.17, 15) is 24.1 Å². The number of aliphatic carboxylic acids is 1. The molecule has 1 amide bonds. The average molecular weight is 296 g/mol. The molecule has 1 saturated carbocycles. The molecule has 8 heteroatoms. The van der Waals surface area contributed by atoms with Crippen molar-refractivity contribution in [2.75, 3.05) is 0 Å². The van der Waals surface area contributed by atoms with E-state index in [0.717, 1.165) is 25.0 Å². The highest BCUT2D eigenvalue weighted by molar-refractivity contribution is 5.86. The highest BCUT2D eigenvalue weighted by atomic mass is 19.1. The van der Waals surface area contributed by atoms with Crippen molar-refractivity contribution in [1.29, 1.82) is 0 Å². The van der Waals surface area contributed by atoms with E-state index in [1.807, 2.05) is 0 Å². The second-order valence-corrected chi connectivity index (χ2v) is 4.92. The summed E-state index contributed by atoms with van der Waals surface area (Å²) in [6, 6.07) is 1.97. The maximum Gasteiger partial charge on any atom is 0.326 e. The Morgan fingerprint density at radius 1 is 1.48 bits per heavy atom. The number of nitro groups is 1. The summed E-state index contributed by atoms with van der Waals surface area (Å²) < 4.78 is 13.2. The molecule has 112 valence electrons. The molecule has 1 aliphatic rings. The Hall–Kier alpha value is -2.51. The Balaban J connectivity index is 2.12. The molecular formula is C13H13FN2O5. The van der Waals surface area contributed by atoms with Gasteiger partial charge < -0.3 is 10.4 Å². The van der Waals surface area contributed by atoms with Crippen molar-refractivity contribution >= 4 is 17.6 Å². The largest absolute Gasteiger partial charge is 0.480 e. The highest BCUT2D eigenvalue weighted by Crippen LogP contribution is 2.29. The first-order chi connectivity index (χ1) is 9.88. The van der Waals surface area contributed by atoms with Crippen molar-refractivity contribution in [3.05, 3.63) is 39.7 Å². The van der Waals surface area contributed by atoms with E-state index >= 15 is 0 Å². The minimum atomic E-state index is -1.24. The third-order valence-electron chi connectivity index (χ3n) is 3.21. The number of rotatable bonds is 6. The van der Waals surface area contributed by atoms with Crippen LogP contribution in [0.5, 0.6) is 0 Å². The summed E-state index contributed by atoms with van der Waals surface area (Å²) in [4.78, 5) is 32.5. The summed E-state index contributed by atoms with van der Waals surface area (Å²) in [6.07, 6.45) is 1.33. The van der Waals surface area contributed by atoms with Crippen LogP contribution in [0.2, 0.25) is 0 Å². The molecule has 1 atom stereocenters. The van der Waals surface area contributed by atoms with Crippen molar-refractivity contribution in [2.45, 2.75) is 25.3 Å². The number of carboxylic acid groups (broad SMARTS) is 1. The van der Waals surface area contributed by atoms with Crippen molar-refractivity contribution in [3.8, 4) is 0 Å². The van der Waals surface area contributed by atoms with E-state index in [1.54, 1.807) is 0 Å². The predicted octanol–water partition coefficient (Wildman–Crippen LogP) is 1.26. The number of carbonyl (C=O) groups excluding carboxylic acids is 1. The van der Waals surface area contributed by atoms with Gasteiger partial charge in [-0.1, -0.05) is 6.07 Å². The first-order valence-electron chi connectivity index (χ1n) is 6.34. The Morgan fingerprint density at radius 2 is 2.14 bits per heavy atom. The summed E-state index contributed by atoms with van der Waals surface area (Å²) >= 11 is 0. The summed E-state index contributed by atoms with van der Waals surface area (Å²) in [5.74, 6) is -2.71. The van der Waals surface area contributed by atoms with Gasteiger partial charge in [0.2, 0.25) is 11.7 Å². The highest BCUT2D eigenvalue weighted by Gasteiger charge is 2.32. The summed E-state index contributed by atoms with van der Waals surface area (Å²) in [5.41, 5.74) is -0.447. The summed E-state index contributed by atoms with van der Waals surface area (Å²) in [7, 11) is 0. The number of carboxylic acids is 1. The molecule has 0 aromatic heterocycles. The van der Waals surface area contributed by atoms with Gasteiger partial charge in [-0.25, -0.2) is 4.79 Å². The molecule has 1 aromatic carbocycles. The number of halogens is 1. The van der Waals surface area contributed by atoms with Gasteiger partial charge in [0.25, 0.3) is 0 Å². The molecule has 0 bridgehead atoms. The van der Waals surface area contributed by atoms with Crippen molar-refractivity contribution in [2.24, 2.45) is 5.92 Å². The van der Waals surface area contributed by atoms with E-state index < -0.39 is 28.4 Å². The molecule has 0 spiro atoms. The Labute approximate surface area is 118 Å². The molecular weight excluding hydrogens is 283 g/mol. The normalized spacial score (nSPS) is 15.3. The fourth-order valence-electron chi connectivity index (χ4n) is 1.90. The molecule has 0 aliphatic heterocycles. The van der Waals surface area contributed by atoms with Crippen LogP contribution in [0.4, 0.5) is 10.1 Å². The molecule has 1 fully saturated rings. The number of benzene rings is 1. The Kier molecular flexibility index (Phi) is 4.15. The minimum absolute atomic E-state index is 0.144. The average Bonchev–Trinajstić information content (AvgIpc) is 3.23. The zero-order chi connectivity index (χ0) is 15.6. The van der Waals surface area contributed by atoms with Crippen molar-refractivity contribution in [3.63, 3.8) is 0 Å². The van der Waals surface area contributed by atoms with Crippen LogP contribution in [0, 0.1) is 21.8 Å². The van der Waals surface area contributed by atoms with E-state index in [2.05, 4.69) is 5.32 Å². The van der Waals surface area contributed by atoms with E-state index in [0.29, 0.717) is 0 Å². The van der Waals surface area contributed by atoms with E-state index in [4.69, 9.17) is 5.11 Å². The number of nitro benzene ring substituents is 1. The van der Waals surface area contributed by atoms with E-state index in [-0.39, 0.29) is 23.8 Å². The zero-order valence-electron chi connectivity index (χ0n) is 10.9. The first kappa shape index (κ1) is 14.9. The molecule has 0 unspecified atom stereocenters. The number of hydrogen-bond donors (Lipinski definition) is 2. The number of nitrogens with zero attached hydrogens (tertiary/aromatic N) is 1. The minimum Gasteiger partial charge on any atom is -0.480 e.